The molecule has 1 heterocycles. The van der Waals surface area contributed by atoms with Gasteiger partial charge in [-0.1, -0.05) is 106 Å². The number of amides is 1. The smallest absolute Gasteiger partial charge is 0.251 e. The van der Waals surface area contributed by atoms with Crippen molar-refractivity contribution in [1.82, 2.24) is 5.32 Å². The molecule has 2 aliphatic rings. The molecule has 40 heavy (non-hydrogen) atoms. The van der Waals surface area contributed by atoms with Gasteiger partial charge < -0.3 is 14.8 Å². The van der Waals surface area contributed by atoms with E-state index in [1.54, 1.807) is 24.3 Å². The van der Waals surface area contributed by atoms with E-state index in [0.717, 1.165) is 24.0 Å². The minimum absolute atomic E-state index is 0.0755. The Bertz CT molecular complexity index is 1460. The number of rotatable bonds is 14. The predicted octanol–water partition coefficient (Wildman–Crippen LogP) is 9.62. The zero-order chi connectivity index (χ0) is 28.5. The second kappa shape index (κ2) is 14.6. The molecule has 0 fully saturated rings. The summed E-state index contributed by atoms with van der Waals surface area (Å²) in [5, 5.41) is 14.0. The largest absolute Gasteiger partial charge is 0.506 e. The third-order valence-corrected chi connectivity index (χ3v) is 7.94. The molecule has 4 rings (SSSR count). The highest BCUT2D eigenvalue weighted by molar-refractivity contribution is 6.33. The molecular formula is C33H37Cl2NO4. The van der Waals surface area contributed by atoms with Crippen LogP contribution in [0.4, 0.5) is 0 Å². The highest BCUT2D eigenvalue weighted by atomic mass is 35.5. The second-order valence-corrected chi connectivity index (χ2v) is 11.2. The van der Waals surface area contributed by atoms with Crippen molar-refractivity contribution in [3.63, 3.8) is 0 Å². The van der Waals surface area contributed by atoms with Crippen LogP contribution < -0.4 is 10.7 Å². The number of benzene rings is 3. The summed E-state index contributed by atoms with van der Waals surface area (Å²) in [4.78, 5) is 24.9. The SMILES string of the molecule is CCCCCCCCCCCCCNC(=O)c1ccc(-c2c3cc(Cl)c(=O)cc-3oc3cc(O)c(Cl)cc23)cc1. The lowest BCUT2D eigenvalue weighted by molar-refractivity contribution is 0.0953. The fourth-order valence-electron chi connectivity index (χ4n) is 5.09. The van der Waals surface area contributed by atoms with Gasteiger partial charge in [0.1, 0.15) is 17.1 Å². The standard InChI is InChI=1S/C33H37Cl2NO4/c1-2-3-4-5-6-7-8-9-10-11-12-17-36-33(39)23-15-13-22(14-16-23)32-24-18-26(34)28(37)20-30(24)40-31-21-29(38)27(35)19-25(31)32/h13-16,18-21,37H,2-12,17H2,1H3,(H,36,39). The number of hydrogen-bond acceptors (Lipinski definition) is 4. The third kappa shape index (κ3) is 7.58. The van der Waals surface area contributed by atoms with Crippen molar-refractivity contribution in [3.05, 3.63) is 74.4 Å². The maximum absolute atomic E-state index is 12.7. The Morgan fingerprint density at radius 1 is 0.825 bits per heavy atom. The molecule has 0 saturated heterocycles. The van der Waals surface area contributed by atoms with E-state index in [2.05, 4.69) is 12.2 Å². The van der Waals surface area contributed by atoms with Crippen LogP contribution in [-0.4, -0.2) is 17.6 Å². The Balaban J connectivity index is 1.37. The molecule has 212 valence electrons. The highest BCUT2D eigenvalue weighted by Gasteiger charge is 2.20. The molecule has 0 atom stereocenters. The number of carbonyl (C=O) groups is 1. The quantitative estimate of drug-likeness (QED) is 0.115. The Morgan fingerprint density at radius 2 is 1.45 bits per heavy atom. The molecule has 2 aromatic carbocycles. The average molecular weight is 583 g/mol. The van der Waals surface area contributed by atoms with E-state index < -0.39 is 0 Å². The number of hydrogen-bond donors (Lipinski definition) is 2. The first kappa shape index (κ1) is 30.0. The van der Waals surface area contributed by atoms with Crippen molar-refractivity contribution in [2.45, 2.75) is 77.6 Å². The van der Waals surface area contributed by atoms with Crippen LogP contribution in [0.15, 0.2) is 57.7 Å². The molecule has 0 bridgehead atoms. The Morgan fingerprint density at radius 3 is 2.10 bits per heavy atom. The summed E-state index contributed by atoms with van der Waals surface area (Å²) in [5.74, 6) is 0.111. The first-order valence-corrected chi connectivity index (χ1v) is 15.1. The van der Waals surface area contributed by atoms with Crippen molar-refractivity contribution in [2.75, 3.05) is 6.54 Å². The molecule has 1 amide bonds. The van der Waals surface area contributed by atoms with E-state index in [9.17, 15) is 14.7 Å². The lowest BCUT2D eigenvalue weighted by Gasteiger charge is -2.16. The molecule has 1 aliphatic heterocycles. The number of unbranched alkanes of at least 4 members (excludes halogenated alkanes) is 10. The van der Waals surface area contributed by atoms with E-state index in [0.29, 0.717) is 34.4 Å². The molecule has 2 N–H and O–H groups in total. The average Bonchev–Trinajstić information content (AvgIpc) is 2.94. The van der Waals surface area contributed by atoms with Gasteiger partial charge in [-0.25, -0.2) is 0 Å². The molecule has 7 heteroatoms. The molecule has 1 aliphatic carbocycles. The van der Waals surface area contributed by atoms with Crippen LogP contribution in [-0.2, 0) is 0 Å². The minimum atomic E-state index is -0.355. The first-order valence-electron chi connectivity index (χ1n) is 14.4. The summed E-state index contributed by atoms with van der Waals surface area (Å²) < 4.78 is 5.91. The van der Waals surface area contributed by atoms with E-state index in [4.69, 9.17) is 27.6 Å². The Labute approximate surface area is 245 Å². The molecule has 0 radical (unpaired) electrons. The van der Waals surface area contributed by atoms with Crippen molar-refractivity contribution in [3.8, 4) is 28.2 Å². The van der Waals surface area contributed by atoms with Gasteiger partial charge in [-0.2, -0.15) is 0 Å². The summed E-state index contributed by atoms with van der Waals surface area (Å²) in [6.45, 7) is 2.91. The third-order valence-electron chi connectivity index (χ3n) is 7.34. The van der Waals surface area contributed by atoms with Crippen LogP contribution in [0.1, 0.15) is 87.9 Å². The Kier molecular flexibility index (Phi) is 10.9. The number of phenolic OH excluding ortho intramolecular Hbond substituents is 1. The second-order valence-electron chi connectivity index (χ2n) is 10.4. The molecule has 0 aromatic heterocycles. The van der Waals surface area contributed by atoms with Gasteiger partial charge in [0.2, 0.25) is 5.43 Å². The number of halogens is 2. The molecule has 0 saturated carbocycles. The van der Waals surface area contributed by atoms with Gasteiger partial charge in [0, 0.05) is 40.8 Å². The van der Waals surface area contributed by atoms with Gasteiger partial charge in [-0.3, -0.25) is 9.59 Å². The Hall–Kier alpha value is -3.02. The lowest BCUT2D eigenvalue weighted by Crippen LogP contribution is -2.24. The van der Waals surface area contributed by atoms with Gasteiger partial charge in [0.05, 0.1) is 10.0 Å². The van der Waals surface area contributed by atoms with Crippen molar-refractivity contribution < 1.29 is 14.3 Å². The van der Waals surface area contributed by atoms with E-state index in [1.807, 2.05) is 12.1 Å². The van der Waals surface area contributed by atoms with Crippen LogP contribution >= 0.6 is 23.2 Å². The fourth-order valence-corrected chi connectivity index (χ4v) is 5.42. The summed E-state index contributed by atoms with van der Waals surface area (Å²) in [7, 11) is 0. The minimum Gasteiger partial charge on any atom is -0.506 e. The normalized spacial score (nSPS) is 11.4. The van der Waals surface area contributed by atoms with Crippen molar-refractivity contribution >= 4 is 40.1 Å². The van der Waals surface area contributed by atoms with E-state index in [1.165, 1.54) is 69.9 Å². The summed E-state index contributed by atoms with van der Waals surface area (Å²) in [6.07, 6.45) is 14.0. The maximum Gasteiger partial charge on any atom is 0.251 e. The maximum atomic E-state index is 12.7. The highest BCUT2D eigenvalue weighted by Crippen LogP contribution is 2.43. The lowest BCUT2D eigenvalue weighted by atomic mass is 9.93. The van der Waals surface area contributed by atoms with Crippen molar-refractivity contribution in [1.29, 1.82) is 0 Å². The van der Waals surface area contributed by atoms with E-state index >= 15 is 0 Å². The molecule has 0 spiro atoms. The van der Waals surface area contributed by atoms with Crippen LogP contribution in [0.2, 0.25) is 10.0 Å². The summed E-state index contributed by atoms with van der Waals surface area (Å²) >= 11 is 12.4. The predicted molar refractivity (Wildman–Crippen MR) is 165 cm³/mol. The molecule has 0 unspecified atom stereocenters. The molecular weight excluding hydrogens is 545 g/mol. The zero-order valence-corrected chi connectivity index (χ0v) is 24.5. The summed E-state index contributed by atoms with van der Waals surface area (Å²) in [5.41, 5.74) is 2.76. The number of carbonyl (C=O) groups excluding carboxylic acids is 1. The fraction of sp³-hybridized carbons (Fsp3) is 0.394. The van der Waals surface area contributed by atoms with E-state index in [-0.39, 0.29) is 27.1 Å². The number of fused-ring (bicyclic) bond motifs is 2. The first-order chi connectivity index (χ1) is 19.4. The van der Waals surface area contributed by atoms with Crippen LogP contribution in [0.3, 0.4) is 0 Å². The van der Waals surface area contributed by atoms with Gasteiger partial charge in [0.15, 0.2) is 0 Å². The number of aromatic hydroxyl groups is 1. The van der Waals surface area contributed by atoms with Crippen LogP contribution in [0, 0.1) is 0 Å². The monoisotopic (exact) mass is 581 g/mol. The molecule has 5 nitrogen and oxygen atoms in total. The van der Waals surface area contributed by atoms with Gasteiger partial charge >= 0.3 is 0 Å². The number of phenols is 1. The van der Waals surface area contributed by atoms with Crippen LogP contribution in [0.25, 0.3) is 33.4 Å². The zero-order valence-electron chi connectivity index (χ0n) is 23.0. The van der Waals surface area contributed by atoms with Gasteiger partial charge in [-0.05, 0) is 36.2 Å². The van der Waals surface area contributed by atoms with Crippen LogP contribution in [0.5, 0.6) is 5.75 Å². The van der Waals surface area contributed by atoms with Crippen molar-refractivity contribution in [2.24, 2.45) is 0 Å². The van der Waals surface area contributed by atoms with Gasteiger partial charge in [0.25, 0.3) is 5.91 Å². The van der Waals surface area contributed by atoms with Gasteiger partial charge in [-0.15, -0.1) is 0 Å². The number of nitrogens with one attached hydrogen (secondary N) is 1. The topological polar surface area (TPSA) is 79.5 Å². The molecule has 2 aromatic rings. The summed E-state index contributed by atoms with van der Waals surface area (Å²) in [6, 6.07) is 13.2.